The van der Waals surface area contributed by atoms with Gasteiger partial charge in [0.05, 0.1) is 17.2 Å². The second-order valence-electron chi connectivity index (χ2n) is 9.53. The first-order valence-corrected chi connectivity index (χ1v) is 15.6. The van der Waals surface area contributed by atoms with Gasteiger partial charge in [0.25, 0.3) is 10.0 Å². The van der Waals surface area contributed by atoms with Gasteiger partial charge in [0.2, 0.25) is 11.8 Å². The number of carbonyl (C=O) groups excluding carboxylic acids is 2. The Bertz CT molecular complexity index is 1430. The molecule has 220 valence electrons. The molecule has 0 aliphatic rings. The summed E-state index contributed by atoms with van der Waals surface area (Å²) in [6.45, 7) is 7.89. The van der Waals surface area contributed by atoms with Crippen molar-refractivity contribution < 1.29 is 22.7 Å². The lowest BCUT2D eigenvalue weighted by Crippen LogP contribution is -2.52. The Balaban J connectivity index is 2.11. The molecule has 0 aromatic heterocycles. The summed E-state index contributed by atoms with van der Waals surface area (Å²) in [7, 11) is -4.24. The molecule has 0 radical (unpaired) electrons. The van der Waals surface area contributed by atoms with E-state index >= 15 is 0 Å². The molecule has 0 saturated carbocycles. The molecule has 0 aliphatic heterocycles. The monoisotopic (exact) mass is 599 g/mol. The van der Waals surface area contributed by atoms with E-state index in [9.17, 15) is 18.0 Å². The van der Waals surface area contributed by atoms with Gasteiger partial charge < -0.3 is 15.0 Å². The van der Waals surface area contributed by atoms with E-state index in [-0.39, 0.29) is 23.0 Å². The first kappa shape index (κ1) is 32.0. The Morgan fingerprint density at radius 3 is 2.24 bits per heavy atom. The van der Waals surface area contributed by atoms with Gasteiger partial charge in [0, 0.05) is 18.1 Å². The Labute approximate surface area is 248 Å². The summed E-state index contributed by atoms with van der Waals surface area (Å²) in [6.07, 6.45) is 1.10. The molecule has 0 heterocycles. The van der Waals surface area contributed by atoms with Gasteiger partial charge in [-0.1, -0.05) is 61.8 Å². The third-order valence-corrected chi connectivity index (χ3v) is 8.68. The molecule has 1 atom stereocenters. The van der Waals surface area contributed by atoms with E-state index in [0.29, 0.717) is 30.3 Å². The maximum Gasteiger partial charge on any atom is 0.264 e. The average Bonchev–Trinajstić information content (AvgIpc) is 2.96. The topological polar surface area (TPSA) is 96.0 Å². The average molecular weight is 600 g/mol. The number of nitrogens with one attached hydrogen (secondary N) is 1. The van der Waals surface area contributed by atoms with Gasteiger partial charge in [0.15, 0.2) is 0 Å². The minimum atomic E-state index is -4.24. The number of hydrogen-bond acceptors (Lipinski definition) is 5. The van der Waals surface area contributed by atoms with Gasteiger partial charge in [-0.25, -0.2) is 8.42 Å². The second kappa shape index (κ2) is 14.9. The van der Waals surface area contributed by atoms with Crippen LogP contribution in [0.25, 0.3) is 0 Å². The fourth-order valence-electron chi connectivity index (χ4n) is 4.44. The van der Waals surface area contributed by atoms with Crippen LogP contribution in [-0.4, -0.2) is 50.9 Å². The molecule has 0 spiro atoms. The Morgan fingerprint density at radius 1 is 0.951 bits per heavy atom. The van der Waals surface area contributed by atoms with Gasteiger partial charge in [-0.15, -0.1) is 0 Å². The number of benzene rings is 3. The van der Waals surface area contributed by atoms with Crippen LogP contribution in [0.4, 0.5) is 5.69 Å². The lowest BCUT2D eigenvalue weighted by atomic mass is 10.1. The summed E-state index contributed by atoms with van der Waals surface area (Å²) in [5.74, 6) is -0.479. The number of nitrogens with zero attached hydrogens (tertiary/aromatic N) is 2. The molecule has 2 amide bonds. The predicted molar refractivity (Wildman–Crippen MR) is 163 cm³/mol. The zero-order valence-electron chi connectivity index (χ0n) is 24.0. The Kier molecular flexibility index (Phi) is 11.6. The number of rotatable bonds is 14. The van der Waals surface area contributed by atoms with Crippen LogP contribution < -0.4 is 14.4 Å². The molecule has 8 nitrogen and oxygen atoms in total. The van der Waals surface area contributed by atoms with Crippen LogP contribution in [0.1, 0.15) is 44.7 Å². The van der Waals surface area contributed by atoms with E-state index in [1.807, 2.05) is 45.0 Å². The molecule has 0 aliphatic carbocycles. The molecule has 0 fully saturated rings. The highest BCUT2D eigenvalue weighted by Crippen LogP contribution is 2.33. The molecular weight excluding hydrogens is 562 g/mol. The van der Waals surface area contributed by atoms with E-state index in [2.05, 4.69) is 5.32 Å². The highest BCUT2D eigenvalue weighted by Gasteiger charge is 2.34. The van der Waals surface area contributed by atoms with Crippen molar-refractivity contribution in [3.05, 3.63) is 88.9 Å². The number of carbonyl (C=O) groups is 2. The molecular formula is C31H38ClN3O5S. The van der Waals surface area contributed by atoms with Gasteiger partial charge >= 0.3 is 0 Å². The predicted octanol–water partition coefficient (Wildman–Crippen LogP) is 5.58. The van der Waals surface area contributed by atoms with Gasteiger partial charge in [-0.05, 0) is 74.2 Å². The molecule has 0 saturated heterocycles. The molecule has 41 heavy (non-hydrogen) atoms. The molecule has 10 heteroatoms. The van der Waals surface area contributed by atoms with Crippen LogP contribution in [0.5, 0.6) is 5.75 Å². The van der Waals surface area contributed by atoms with Crippen LogP contribution in [-0.2, 0) is 26.2 Å². The van der Waals surface area contributed by atoms with E-state index in [0.717, 1.165) is 21.9 Å². The lowest BCUT2D eigenvalue weighted by Gasteiger charge is -2.33. The maximum atomic E-state index is 14.2. The fourth-order valence-corrected chi connectivity index (χ4v) is 6.00. The third-order valence-electron chi connectivity index (χ3n) is 6.65. The largest absolute Gasteiger partial charge is 0.492 e. The number of aryl methyl sites for hydroxylation is 1. The smallest absolute Gasteiger partial charge is 0.264 e. The quantitative estimate of drug-likeness (QED) is 0.261. The van der Waals surface area contributed by atoms with Gasteiger partial charge in [-0.2, -0.15) is 0 Å². The van der Waals surface area contributed by atoms with Crippen molar-refractivity contribution in [3.8, 4) is 5.75 Å². The lowest BCUT2D eigenvalue weighted by molar-refractivity contribution is -0.140. The third kappa shape index (κ3) is 8.01. The number of amides is 2. The van der Waals surface area contributed by atoms with Crippen LogP contribution >= 0.6 is 11.6 Å². The molecule has 1 unspecified atom stereocenters. The number of halogens is 1. The van der Waals surface area contributed by atoms with E-state index < -0.39 is 28.5 Å². The van der Waals surface area contributed by atoms with Crippen molar-refractivity contribution in [2.45, 2.75) is 58.0 Å². The zero-order valence-corrected chi connectivity index (χ0v) is 25.5. The van der Waals surface area contributed by atoms with Gasteiger partial charge in [-0.3, -0.25) is 13.9 Å². The van der Waals surface area contributed by atoms with Crippen molar-refractivity contribution in [3.63, 3.8) is 0 Å². The first-order valence-electron chi connectivity index (χ1n) is 13.8. The van der Waals surface area contributed by atoms with Crippen LogP contribution in [0.3, 0.4) is 0 Å². The summed E-state index contributed by atoms with van der Waals surface area (Å²) in [5.41, 5.74) is 2.04. The van der Waals surface area contributed by atoms with Crippen molar-refractivity contribution in [1.29, 1.82) is 0 Å². The Hall–Kier alpha value is -3.56. The van der Waals surface area contributed by atoms with E-state index in [4.69, 9.17) is 16.3 Å². The number of para-hydroxylation sites is 2. The van der Waals surface area contributed by atoms with Crippen molar-refractivity contribution in [2.24, 2.45) is 0 Å². The summed E-state index contributed by atoms with van der Waals surface area (Å²) in [6, 6.07) is 19.3. The highest BCUT2D eigenvalue weighted by molar-refractivity contribution is 7.92. The molecule has 1 N–H and O–H groups in total. The minimum Gasteiger partial charge on any atom is -0.492 e. The van der Waals surface area contributed by atoms with E-state index in [1.165, 1.54) is 29.2 Å². The minimum absolute atomic E-state index is 0.0285. The summed E-state index contributed by atoms with van der Waals surface area (Å²) in [5, 5.41) is 3.28. The normalized spacial score (nSPS) is 11.9. The first-order chi connectivity index (χ1) is 19.6. The molecule has 0 bridgehead atoms. The highest BCUT2D eigenvalue weighted by atomic mass is 35.5. The number of ether oxygens (including phenoxy) is 1. The summed E-state index contributed by atoms with van der Waals surface area (Å²) < 4.78 is 34.9. The van der Waals surface area contributed by atoms with Crippen molar-refractivity contribution in [2.75, 3.05) is 24.0 Å². The van der Waals surface area contributed by atoms with Crippen LogP contribution in [0, 0.1) is 6.92 Å². The van der Waals surface area contributed by atoms with E-state index in [1.54, 1.807) is 31.2 Å². The molecule has 3 aromatic rings. The fraction of sp³-hybridized carbons (Fsp3) is 0.355. The standard InChI is InChI=1S/C31H38ClN3O5S/c1-5-20-33-31(37)27(6-2)34(21-24-13-9-8-12-23(24)4)30(36)22-35(28-14-10-11-15-29(28)40-7-3)41(38,39)26-18-16-25(32)17-19-26/h8-19,27H,5-7,20-22H2,1-4H3,(H,33,37). The number of anilines is 1. The second-order valence-corrected chi connectivity index (χ2v) is 11.8. The zero-order chi connectivity index (χ0) is 30.0. The summed E-state index contributed by atoms with van der Waals surface area (Å²) >= 11 is 6.03. The van der Waals surface area contributed by atoms with Crippen molar-refractivity contribution in [1.82, 2.24) is 10.2 Å². The number of sulfonamides is 1. The Morgan fingerprint density at radius 2 is 1.61 bits per heavy atom. The number of hydrogen-bond donors (Lipinski definition) is 1. The van der Waals surface area contributed by atoms with Crippen molar-refractivity contribution >= 4 is 39.1 Å². The molecule has 3 aromatic carbocycles. The maximum absolute atomic E-state index is 14.2. The van der Waals surface area contributed by atoms with Gasteiger partial charge in [0.1, 0.15) is 18.3 Å². The summed E-state index contributed by atoms with van der Waals surface area (Å²) in [4.78, 5) is 28.9. The molecule has 3 rings (SSSR count). The van der Waals surface area contributed by atoms with Crippen LogP contribution in [0.15, 0.2) is 77.7 Å². The van der Waals surface area contributed by atoms with Crippen LogP contribution in [0.2, 0.25) is 5.02 Å². The SMILES string of the molecule is CCCNC(=O)C(CC)N(Cc1ccccc1C)C(=O)CN(c1ccccc1OCC)S(=O)(=O)c1ccc(Cl)cc1.